The molecular weight excluding hydrogens is 364 g/mol. The van der Waals surface area contributed by atoms with Crippen LogP contribution < -0.4 is 10.5 Å². The van der Waals surface area contributed by atoms with Gasteiger partial charge in [-0.25, -0.2) is 4.98 Å². The number of nitrogens with two attached hydrogens (primary N) is 1. The molecule has 0 bridgehead atoms. The van der Waals surface area contributed by atoms with Gasteiger partial charge >= 0.3 is 0 Å². The molecule has 0 saturated heterocycles. The highest BCUT2D eigenvalue weighted by molar-refractivity contribution is 7.99. The Morgan fingerprint density at radius 3 is 2.41 bits per heavy atom. The first-order chi connectivity index (χ1) is 13.0. The zero-order valence-corrected chi connectivity index (χ0v) is 15.9. The van der Waals surface area contributed by atoms with Gasteiger partial charge in [0, 0.05) is 18.4 Å². The number of rotatable bonds is 8. The summed E-state index contributed by atoms with van der Waals surface area (Å²) in [6, 6.07) is 11.2. The van der Waals surface area contributed by atoms with Gasteiger partial charge in [-0.1, -0.05) is 12.1 Å². The number of hydrogen-bond donors (Lipinski definition) is 2. The van der Waals surface area contributed by atoms with E-state index in [0.29, 0.717) is 40.9 Å². The van der Waals surface area contributed by atoms with Crippen molar-refractivity contribution in [1.82, 2.24) is 4.98 Å². The smallest absolute Gasteiger partial charge is 0.143 e. The van der Waals surface area contributed by atoms with Gasteiger partial charge in [-0.05, 0) is 24.6 Å². The molecule has 1 aromatic carbocycles. The third-order valence-corrected chi connectivity index (χ3v) is 4.79. The van der Waals surface area contributed by atoms with Gasteiger partial charge in [0.15, 0.2) is 0 Å². The van der Waals surface area contributed by atoms with Crippen molar-refractivity contribution >= 4 is 17.6 Å². The topological polar surface area (TPSA) is 125 Å². The molecule has 0 fully saturated rings. The van der Waals surface area contributed by atoms with Gasteiger partial charge in [0.05, 0.1) is 18.3 Å². The molecule has 1 unspecified atom stereocenters. The van der Waals surface area contributed by atoms with E-state index in [2.05, 4.69) is 11.1 Å². The average Bonchev–Trinajstić information content (AvgIpc) is 2.66. The van der Waals surface area contributed by atoms with Crippen molar-refractivity contribution in [2.75, 3.05) is 31.8 Å². The summed E-state index contributed by atoms with van der Waals surface area (Å²) in [4.78, 5) is 4.19. The number of thioether (sulfide) groups is 1. The summed E-state index contributed by atoms with van der Waals surface area (Å²) in [6.45, 7) is 2.55. The number of pyridine rings is 1. The Bertz CT molecular complexity index is 870. The van der Waals surface area contributed by atoms with Crippen molar-refractivity contribution in [3.63, 3.8) is 0 Å². The molecule has 8 heteroatoms. The van der Waals surface area contributed by atoms with Crippen LogP contribution >= 0.6 is 11.8 Å². The lowest BCUT2D eigenvalue weighted by atomic mass is 9.97. The Kier molecular flexibility index (Phi) is 7.44. The molecule has 7 nitrogen and oxygen atoms in total. The molecule has 2 rings (SSSR count). The molecule has 0 aliphatic carbocycles. The number of anilines is 1. The van der Waals surface area contributed by atoms with E-state index < -0.39 is 6.10 Å². The molecule has 0 amide bonds. The first kappa shape index (κ1) is 20.5. The molecule has 0 radical (unpaired) electrons. The highest BCUT2D eigenvalue weighted by Crippen LogP contribution is 2.36. The molecule has 0 spiro atoms. The van der Waals surface area contributed by atoms with Gasteiger partial charge in [0.1, 0.15) is 40.9 Å². The minimum absolute atomic E-state index is 0.0556. The number of aliphatic hydroxyl groups is 1. The molecular formula is C19H20N4O3S. The molecule has 140 valence electrons. The van der Waals surface area contributed by atoms with E-state index in [4.69, 9.17) is 15.2 Å². The average molecular weight is 384 g/mol. The summed E-state index contributed by atoms with van der Waals surface area (Å²) in [5.41, 5.74) is 7.47. The lowest BCUT2D eigenvalue weighted by Gasteiger charge is -2.14. The van der Waals surface area contributed by atoms with Crippen molar-refractivity contribution < 1.29 is 14.6 Å². The molecule has 1 aromatic heterocycles. The number of methoxy groups -OCH3 is 1. The van der Waals surface area contributed by atoms with Crippen LogP contribution in [0.25, 0.3) is 11.1 Å². The van der Waals surface area contributed by atoms with E-state index in [-0.39, 0.29) is 16.9 Å². The molecule has 0 saturated carbocycles. The minimum atomic E-state index is -0.563. The maximum Gasteiger partial charge on any atom is 0.143 e. The van der Waals surface area contributed by atoms with Crippen LogP contribution in [-0.4, -0.2) is 42.3 Å². The van der Waals surface area contributed by atoms with Gasteiger partial charge in [-0.3, -0.25) is 0 Å². The maximum absolute atomic E-state index is 9.68. The van der Waals surface area contributed by atoms with E-state index in [9.17, 15) is 15.6 Å². The summed E-state index contributed by atoms with van der Waals surface area (Å²) in [7, 11) is 1.60. The van der Waals surface area contributed by atoms with Crippen molar-refractivity contribution in [2.45, 2.75) is 18.1 Å². The number of aliphatic hydroxyl groups excluding tert-OH is 1. The predicted molar refractivity (Wildman–Crippen MR) is 103 cm³/mol. The fourth-order valence-electron chi connectivity index (χ4n) is 2.35. The van der Waals surface area contributed by atoms with Crippen LogP contribution in [0.5, 0.6) is 5.75 Å². The molecule has 2 aromatic rings. The fraction of sp³-hybridized carbons (Fsp3) is 0.316. The highest BCUT2D eigenvalue weighted by Gasteiger charge is 2.20. The Morgan fingerprint density at radius 1 is 1.19 bits per heavy atom. The van der Waals surface area contributed by atoms with E-state index in [1.807, 2.05) is 6.07 Å². The summed E-state index contributed by atoms with van der Waals surface area (Å²) in [6.07, 6.45) is -0.563. The fourth-order valence-corrected chi connectivity index (χ4v) is 3.21. The van der Waals surface area contributed by atoms with Gasteiger partial charge in [0.25, 0.3) is 0 Å². The van der Waals surface area contributed by atoms with Gasteiger partial charge in [-0.2, -0.15) is 10.5 Å². The number of benzene rings is 1. The quantitative estimate of drug-likeness (QED) is 0.525. The number of ether oxygens (including phenoxy) is 2. The van der Waals surface area contributed by atoms with Crippen LogP contribution in [-0.2, 0) is 4.74 Å². The second kappa shape index (κ2) is 9.79. The van der Waals surface area contributed by atoms with Crippen LogP contribution in [0, 0.1) is 22.7 Å². The van der Waals surface area contributed by atoms with E-state index >= 15 is 0 Å². The maximum atomic E-state index is 9.68. The second-order valence-electron chi connectivity index (χ2n) is 5.68. The first-order valence-corrected chi connectivity index (χ1v) is 9.17. The predicted octanol–water partition coefficient (Wildman–Crippen LogP) is 2.57. The summed E-state index contributed by atoms with van der Waals surface area (Å²) >= 11 is 1.23. The second-order valence-corrected chi connectivity index (χ2v) is 6.69. The van der Waals surface area contributed by atoms with Crippen LogP contribution in [0.4, 0.5) is 5.82 Å². The van der Waals surface area contributed by atoms with E-state index in [0.717, 1.165) is 0 Å². The number of aromatic nitrogens is 1. The van der Waals surface area contributed by atoms with Gasteiger partial charge in [-0.15, -0.1) is 11.8 Å². The number of nitrogen functional groups attached to an aromatic ring is 1. The Morgan fingerprint density at radius 2 is 1.85 bits per heavy atom. The first-order valence-electron chi connectivity index (χ1n) is 8.18. The van der Waals surface area contributed by atoms with E-state index in [1.54, 1.807) is 38.3 Å². The summed E-state index contributed by atoms with van der Waals surface area (Å²) in [5.74, 6) is 1.07. The third kappa shape index (κ3) is 5.11. The van der Waals surface area contributed by atoms with Gasteiger partial charge in [0.2, 0.25) is 0 Å². The molecule has 27 heavy (non-hydrogen) atoms. The third-order valence-electron chi connectivity index (χ3n) is 3.58. The Balaban J connectivity index is 2.47. The number of hydrogen-bond acceptors (Lipinski definition) is 8. The highest BCUT2D eigenvalue weighted by atomic mass is 32.2. The largest absolute Gasteiger partial charge is 0.491 e. The van der Waals surface area contributed by atoms with Crippen molar-refractivity contribution in [2.24, 2.45) is 0 Å². The Hall–Kier alpha value is -2.78. The van der Waals surface area contributed by atoms with Crippen LogP contribution in [0.15, 0.2) is 29.3 Å². The monoisotopic (exact) mass is 384 g/mol. The lowest BCUT2D eigenvalue weighted by Crippen LogP contribution is -2.07. The summed E-state index contributed by atoms with van der Waals surface area (Å²) in [5, 5.41) is 29.1. The van der Waals surface area contributed by atoms with Crippen LogP contribution in [0.3, 0.4) is 0 Å². The normalized spacial score (nSPS) is 11.4. The van der Waals surface area contributed by atoms with Crippen molar-refractivity contribution in [3.8, 4) is 29.0 Å². The van der Waals surface area contributed by atoms with E-state index in [1.165, 1.54) is 11.8 Å². The van der Waals surface area contributed by atoms with Crippen LogP contribution in [0.2, 0.25) is 0 Å². The molecule has 3 N–H and O–H groups in total. The zero-order chi connectivity index (χ0) is 19.8. The molecule has 1 atom stereocenters. The standard InChI is InChI=1S/C19H20N4O3S/c1-12(24)11-27-19-16(10-21)17(15(9-20)18(22)23-19)13-3-5-14(6-4-13)26-8-7-25-2/h3-6,12,24H,7-8,11H2,1-2H3,(H2,22,23). The molecule has 0 aliphatic rings. The minimum Gasteiger partial charge on any atom is -0.491 e. The SMILES string of the molecule is COCCOc1ccc(-c2c(C#N)c(N)nc(SCC(C)O)c2C#N)cc1. The van der Waals surface area contributed by atoms with Crippen molar-refractivity contribution in [1.29, 1.82) is 10.5 Å². The zero-order valence-electron chi connectivity index (χ0n) is 15.1. The summed E-state index contributed by atoms with van der Waals surface area (Å²) < 4.78 is 10.5. The van der Waals surface area contributed by atoms with Gasteiger partial charge < -0.3 is 20.3 Å². The molecule has 0 aliphatic heterocycles. The number of nitrogens with zero attached hydrogens (tertiary/aromatic N) is 3. The Labute approximate surface area is 162 Å². The molecule has 1 heterocycles. The van der Waals surface area contributed by atoms with Crippen LogP contribution in [0.1, 0.15) is 18.1 Å². The van der Waals surface area contributed by atoms with Crippen molar-refractivity contribution in [3.05, 3.63) is 35.4 Å². The number of nitriles is 2. The lowest BCUT2D eigenvalue weighted by molar-refractivity contribution is 0.146.